The molecule has 0 aliphatic carbocycles. The molecule has 0 spiro atoms. The van der Waals surface area contributed by atoms with E-state index < -0.39 is 50.6 Å². The number of likely N-dealkylation sites (tertiary alicyclic amines) is 3. The molecule has 26 heteroatoms. The lowest BCUT2D eigenvalue weighted by Gasteiger charge is -2.32. The van der Waals surface area contributed by atoms with Crippen LogP contribution in [0.4, 0.5) is 17.1 Å². The van der Waals surface area contributed by atoms with E-state index in [9.17, 15) is 48.1 Å². The first kappa shape index (κ1) is 76.5. The predicted octanol–water partition coefficient (Wildman–Crippen LogP) is 10.6. The van der Waals surface area contributed by atoms with Crippen LogP contribution in [0.15, 0.2) is 127 Å². The molecule has 22 nitrogen and oxygen atoms in total. The van der Waals surface area contributed by atoms with Gasteiger partial charge >= 0.3 is 0 Å². The Morgan fingerprint density at radius 2 is 0.762 bits per heavy atom. The van der Waals surface area contributed by atoms with Crippen LogP contribution in [-0.4, -0.2) is 158 Å². The number of benzene rings is 6. The number of nitrogens with one attached hydrogen (secondary N) is 4. The molecule has 101 heavy (non-hydrogen) atoms. The van der Waals surface area contributed by atoms with E-state index in [-0.39, 0.29) is 49.4 Å². The number of rotatable bonds is 18. The maximum Gasteiger partial charge on any atom is 0.253 e. The zero-order valence-electron chi connectivity index (χ0n) is 58.0. The van der Waals surface area contributed by atoms with Crippen molar-refractivity contribution in [2.45, 2.75) is 133 Å². The van der Waals surface area contributed by atoms with Gasteiger partial charge in [0.05, 0.1) is 74.5 Å². The Morgan fingerprint density at radius 3 is 1.10 bits per heavy atom. The van der Waals surface area contributed by atoms with Gasteiger partial charge in [-0.25, -0.2) is 38.0 Å². The van der Waals surface area contributed by atoms with E-state index in [0.29, 0.717) is 152 Å². The molecule has 536 valence electrons. The van der Waals surface area contributed by atoms with E-state index in [0.717, 1.165) is 55.9 Å². The average molecular weight is 1450 g/mol. The topological polar surface area (TPSA) is 320 Å². The lowest BCUT2D eigenvalue weighted by Crippen LogP contribution is -2.44. The minimum Gasteiger partial charge on any atom is -0.339 e. The van der Waals surface area contributed by atoms with Crippen LogP contribution < -0.4 is 19.5 Å². The fraction of sp³-hybridized carbons (Fsp3) is 0.440. The highest BCUT2D eigenvalue weighted by molar-refractivity contribution is 7.93. The van der Waals surface area contributed by atoms with Crippen molar-refractivity contribution in [2.24, 2.45) is 0 Å². The number of aryl methyl sites for hydroxylation is 3. The number of carbonyl (C=O) groups is 3. The van der Waals surface area contributed by atoms with Gasteiger partial charge in [-0.1, -0.05) is 68.4 Å². The van der Waals surface area contributed by atoms with E-state index in [1.807, 2.05) is 109 Å². The first-order chi connectivity index (χ1) is 48.2. The van der Waals surface area contributed by atoms with E-state index in [4.69, 9.17) is 15.8 Å². The Morgan fingerprint density at radius 1 is 0.436 bits per heavy atom. The summed E-state index contributed by atoms with van der Waals surface area (Å²) >= 11 is 0. The summed E-state index contributed by atoms with van der Waals surface area (Å²) in [5.74, 6) is 0.775. The molecular formula is C75H91N11O11S4. The molecule has 0 unspecified atom stereocenters. The van der Waals surface area contributed by atoms with Crippen molar-refractivity contribution >= 4 is 74.9 Å². The zero-order valence-corrected chi connectivity index (χ0v) is 61.3. The molecule has 0 aromatic heterocycles. The summed E-state index contributed by atoms with van der Waals surface area (Å²) in [6.45, 7) is 12.8. The minimum atomic E-state index is -3.76. The molecule has 5 aliphatic rings. The first-order valence-electron chi connectivity index (χ1n) is 34.7. The maximum absolute atomic E-state index is 13.3. The third-order valence-electron chi connectivity index (χ3n) is 20.0. The molecule has 4 N–H and O–H groups in total. The Labute approximate surface area is 596 Å². The van der Waals surface area contributed by atoms with Gasteiger partial charge in [0.15, 0.2) is 0 Å². The van der Waals surface area contributed by atoms with Gasteiger partial charge in [0.1, 0.15) is 0 Å². The highest BCUT2D eigenvalue weighted by Crippen LogP contribution is 2.34. The second kappa shape index (κ2) is 34.3. The van der Waals surface area contributed by atoms with Crippen LogP contribution in [-0.2, 0) is 52.9 Å². The summed E-state index contributed by atoms with van der Waals surface area (Å²) in [4.78, 5) is 44.9. The van der Waals surface area contributed by atoms with Gasteiger partial charge in [0.2, 0.25) is 40.1 Å². The van der Waals surface area contributed by atoms with E-state index in [1.165, 1.54) is 21.0 Å². The van der Waals surface area contributed by atoms with Crippen molar-refractivity contribution < 1.29 is 48.1 Å². The van der Waals surface area contributed by atoms with Gasteiger partial charge in [0.25, 0.3) is 17.7 Å². The number of nitrogens with zero attached hydrogens (tertiary/aromatic N) is 7. The van der Waals surface area contributed by atoms with Crippen LogP contribution in [0.3, 0.4) is 0 Å². The molecular weight excluding hydrogens is 1360 g/mol. The minimum absolute atomic E-state index is 0.00417. The molecule has 11 rings (SSSR count). The van der Waals surface area contributed by atoms with E-state index in [2.05, 4.69) is 37.7 Å². The monoisotopic (exact) mass is 1450 g/mol. The summed E-state index contributed by atoms with van der Waals surface area (Å²) in [6, 6.07) is 45.0. The van der Waals surface area contributed by atoms with Gasteiger partial charge < -0.3 is 20.0 Å². The molecule has 5 aliphatic heterocycles. The van der Waals surface area contributed by atoms with Crippen molar-refractivity contribution in [3.05, 3.63) is 194 Å². The van der Waals surface area contributed by atoms with E-state index >= 15 is 0 Å². The first-order valence-corrected chi connectivity index (χ1v) is 41.3. The van der Waals surface area contributed by atoms with Crippen molar-refractivity contribution in [3.63, 3.8) is 0 Å². The number of sulfonamides is 4. The van der Waals surface area contributed by atoms with Crippen LogP contribution in [0.25, 0.3) is 0 Å². The number of piperidine rings is 5. The third kappa shape index (κ3) is 20.1. The molecule has 6 aromatic rings. The summed E-state index contributed by atoms with van der Waals surface area (Å²) in [7, 11) is -14.0. The van der Waals surface area contributed by atoms with Crippen LogP contribution in [0.2, 0.25) is 0 Å². The number of hydrogen-bond acceptors (Lipinski definition) is 15. The molecule has 0 atom stereocenters. The highest BCUT2D eigenvalue weighted by atomic mass is 32.2. The Bertz CT molecular complexity index is 4520. The molecule has 5 saturated heterocycles. The number of anilines is 3. The number of amides is 3. The summed E-state index contributed by atoms with van der Waals surface area (Å²) in [5, 5.41) is 29.0. The summed E-state index contributed by atoms with van der Waals surface area (Å²) in [6.07, 6.45) is 9.14. The van der Waals surface area contributed by atoms with Crippen molar-refractivity contribution in [2.75, 3.05) is 91.6 Å². The quantitative estimate of drug-likeness (QED) is 0.0621. The number of hydrogen-bond donors (Lipinski definition) is 4. The third-order valence-corrected chi connectivity index (χ3v) is 26.1. The van der Waals surface area contributed by atoms with Crippen LogP contribution in [0.5, 0.6) is 0 Å². The molecule has 6 aromatic carbocycles. The van der Waals surface area contributed by atoms with Gasteiger partial charge in [-0.05, 0) is 228 Å². The number of nitriles is 3. The van der Waals surface area contributed by atoms with Gasteiger partial charge in [0, 0.05) is 69.0 Å². The molecule has 3 amide bonds. The molecule has 5 fully saturated rings. The zero-order chi connectivity index (χ0) is 72.7. The van der Waals surface area contributed by atoms with Crippen LogP contribution in [0.1, 0.15) is 184 Å². The van der Waals surface area contributed by atoms with Gasteiger partial charge in [-0.15, -0.1) is 0 Å². The Hall–Kier alpha value is -8.68. The normalized spacial score (nSPS) is 17.1. The van der Waals surface area contributed by atoms with E-state index in [1.54, 1.807) is 61.2 Å². The molecule has 0 bridgehead atoms. The summed E-state index contributed by atoms with van der Waals surface area (Å²) in [5.41, 5.74) is 10.7. The van der Waals surface area contributed by atoms with Crippen LogP contribution >= 0.6 is 0 Å². The fourth-order valence-electron chi connectivity index (χ4n) is 13.8. The molecule has 5 heterocycles. The lowest BCUT2D eigenvalue weighted by atomic mass is 9.89. The second-order valence-electron chi connectivity index (χ2n) is 26.5. The van der Waals surface area contributed by atoms with Gasteiger partial charge in [-0.2, -0.15) is 15.8 Å². The maximum atomic E-state index is 13.3. The van der Waals surface area contributed by atoms with Crippen molar-refractivity contribution in [3.8, 4) is 18.2 Å². The van der Waals surface area contributed by atoms with Gasteiger partial charge in [-0.3, -0.25) is 28.5 Å². The lowest BCUT2D eigenvalue weighted by molar-refractivity contribution is 0.0705. The Balaban J connectivity index is 0.000000178. The largest absolute Gasteiger partial charge is 0.339 e. The summed E-state index contributed by atoms with van der Waals surface area (Å²) < 4.78 is 109. The van der Waals surface area contributed by atoms with Crippen molar-refractivity contribution in [1.29, 1.82) is 15.8 Å². The smallest absolute Gasteiger partial charge is 0.253 e. The Kier molecular flexibility index (Phi) is 26.0. The van der Waals surface area contributed by atoms with Crippen LogP contribution in [0, 0.1) is 40.9 Å². The predicted molar refractivity (Wildman–Crippen MR) is 393 cm³/mol. The second-order valence-corrected chi connectivity index (χ2v) is 34.4. The number of carbonyl (C=O) groups excluding carboxylic acids is 3. The average Bonchev–Trinajstić information content (AvgIpc) is 0.787. The highest BCUT2D eigenvalue weighted by Gasteiger charge is 2.36. The molecule has 0 saturated carbocycles. The molecule has 0 radical (unpaired) electrons. The van der Waals surface area contributed by atoms with Crippen molar-refractivity contribution in [1.82, 2.24) is 24.3 Å². The standard InChI is InChI=1S/C27H34N4O5S2.C26H32N4O3S.C22H25N3O3S/c1-3-37(33,34)31-16-12-25(13-17-31)38(35,36)29-26-18-24(7-4-20(26)2)27(32)30-14-10-23(11-15-30)22-8-5-21(19-28)6-9-22;1-2-20-7-8-23(17-25(20)29-34(32,33)24-9-13-28-14-10-24)26(31)30-15-11-22(12-16-30)21-5-3-19(18-27)4-6-21;1-3-17-8-9-20(14-21(17)24-29(2,27)28)22(26)25-12-10-19(11-13-25)18-6-4-16(15-23)5-7-18/h4-9,18,23,25,29H,3,10-17H2,1-2H3;3-8,17,22,24,28-29H,2,9-16H2,1H3;4-9,14,19,24H,3,10-13H2,1-2H3. The SMILES string of the molecule is CCS(=O)(=O)N1CCC(S(=O)(=O)Nc2cc(C(=O)N3CCC(c4ccc(C#N)cc4)CC3)ccc2C)CC1.CCc1ccc(C(=O)N2CCC(c3ccc(C#N)cc3)CC2)cc1NS(=O)(=O)C1CCNCC1.CCc1ccc(C(=O)N2CCC(c3ccc(C#N)cc3)CC2)cc1NS(C)(=O)=O. The fourth-order valence-corrected chi connectivity index (χ4v) is 18.5.